The largest absolute Gasteiger partial charge is 0.311 e. The minimum absolute atomic E-state index is 0.0414. The maximum Gasteiger partial charge on any atom is 0.234 e. The fraction of sp³-hybridized carbons (Fsp3) is 0.0417. The molecule has 0 amide bonds. The Morgan fingerprint density at radius 2 is 1.56 bits per heavy atom. The molecular weight excluding hydrogens is 350 g/mol. The van der Waals surface area contributed by atoms with Crippen LogP contribution in [0.5, 0.6) is 0 Å². The Labute approximate surface area is 160 Å². The van der Waals surface area contributed by atoms with E-state index in [1.165, 1.54) is 15.7 Å². The van der Waals surface area contributed by atoms with E-state index in [2.05, 4.69) is 54.0 Å². The van der Waals surface area contributed by atoms with Gasteiger partial charge in [-0.15, -0.1) is 0 Å². The average Bonchev–Trinajstić information content (AvgIpc) is 3.03. The summed E-state index contributed by atoms with van der Waals surface area (Å²) in [4.78, 5) is 14.2. The number of allylic oxidation sites excluding steroid dienone is 1. The van der Waals surface area contributed by atoms with Gasteiger partial charge in [0, 0.05) is 10.9 Å². The van der Waals surface area contributed by atoms with Crippen LogP contribution >= 0.6 is 0 Å². The first-order valence-corrected chi connectivity index (χ1v) is 10.5. The molecule has 2 nitrogen and oxygen atoms in total. The number of fused-ring (bicyclic) bond motifs is 4. The molecule has 1 aliphatic heterocycles. The van der Waals surface area contributed by atoms with Gasteiger partial charge in [-0.05, 0) is 34.4 Å². The molecule has 130 valence electrons. The molecular formula is C24H18NOS+. The van der Waals surface area contributed by atoms with Gasteiger partial charge in [0.1, 0.15) is 11.9 Å². The van der Waals surface area contributed by atoms with Gasteiger partial charge in [0.2, 0.25) is 5.03 Å². The number of ketones is 1. The predicted molar refractivity (Wildman–Crippen MR) is 115 cm³/mol. The lowest BCUT2D eigenvalue weighted by Gasteiger charge is -2.01. The molecule has 1 aliphatic rings. The highest BCUT2D eigenvalue weighted by molar-refractivity contribution is 8.00. The van der Waals surface area contributed by atoms with Gasteiger partial charge in [-0.25, -0.2) is 0 Å². The zero-order valence-corrected chi connectivity index (χ0v) is 15.7. The summed E-state index contributed by atoms with van der Waals surface area (Å²) in [6.07, 6.45) is 3.94. The standard InChI is InChI=1S/C24H17NOS/c1-27-22-13-12-17-7-4-5-9-20(17)24(22)25-23(27)15-21(26)19-11-10-16-6-2-3-8-18(16)14-19/h2-15H,1H3/p+1. The molecule has 4 aromatic carbocycles. The highest BCUT2D eigenvalue weighted by Gasteiger charge is 2.35. The molecule has 0 radical (unpaired) electrons. The third-order valence-corrected chi connectivity index (χ3v) is 6.97. The van der Waals surface area contributed by atoms with Crippen molar-refractivity contribution >= 4 is 43.9 Å². The number of carbonyl (C=O) groups is 1. The van der Waals surface area contributed by atoms with Crippen molar-refractivity contribution in [3.05, 3.63) is 95.5 Å². The van der Waals surface area contributed by atoms with Crippen LogP contribution in [-0.4, -0.2) is 12.0 Å². The van der Waals surface area contributed by atoms with Gasteiger partial charge in [-0.1, -0.05) is 60.7 Å². The minimum atomic E-state index is -0.134. The highest BCUT2D eigenvalue weighted by Crippen LogP contribution is 2.40. The van der Waals surface area contributed by atoms with Crippen molar-refractivity contribution in [1.29, 1.82) is 0 Å². The summed E-state index contributed by atoms with van der Waals surface area (Å²) in [5.41, 5.74) is 1.86. The lowest BCUT2D eigenvalue weighted by Crippen LogP contribution is -2.05. The van der Waals surface area contributed by atoms with E-state index in [4.69, 9.17) is 0 Å². The molecule has 5 rings (SSSR count). The smallest absolute Gasteiger partial charge is 0.234 e. The van der Waals surface area contributed by atoms with Crippen LogP contribution in [0, 0.1) is 0 Å². The zero-order chi connectivity index (χ0) is 18.4. The van der Waals surface area contributed by atoms with Gasteiger partial charge >= 0.3 is 0 Å². The molecule has 1 heterocycles. The highest BCUT2D eigenvalue weighted by atomic mass is 32.2. The number of hydrogen-bond donors (Lipinski definition) is 1. The molecule has 0 bridgehead atoms. The molecule has 0 fully saturated rings. The van der Waals surface area contributed by atoms with Crippen molar-refractivity contribution in [2.24, 2.45) is 0 Å². The van der Waals surface area contributed by atoms with Crippen molar-refractivity contribution in [2.45, 2.75) is 4.90 Å². The van der Waals surface area contributed by atoms with E-state index >= 15 is 0 Å². The second-order valence-electron chi connectivity index (χ2n) is 6.73. The Balaban J connectivity index is 1.52. The van der Waals surface area contributed by atoms with E-state index in [9.17, 15) is 4.79 Å². The van der Waals surface area contributed by atoms with Crippen molar-refractivity contribution in [2.75, 3.05) is 11.6 Å². The summed E-state index contributed by atoms with van der Waals surface area (Å²) in [6.45, 7) is 0. The van der Waals surface area contributed by atoms with E-state index in [0.717, 1.165) is 27.1 Å². The number of rotatable bonds is 2. The van der Waals surface area contributed by atoms with E-state index in [1.807, 2.05) is 36.4 Å². The van der Waals surface area contributed by atoms with Crippen molar-refractivity contribution < 1.29 is 4.79 Å². The summed E-state index contributed by atoms with van der Waals surface area (Å²) >= 11 is 0. The minimum Gasteiger partial charge on any atom is -0.311 e. The first-order valence-electron chi connectivity index (χ1n) is 8.90. The van der Waals surface area contributed by atoms with Crippen molar-refractivity contribution in [3.63, 3.8) is 0 Å². The summed E-state index contributed by atoms with van der Waals surface area (Å²) < 4.78 is 0. The van der Waals surface area contributed by atoms with Crippen molar-refractivity contribution in [1.82, 2.24) is 0 Å². The van der Waals surface area contributed by atoms with Gasteiger partial charge < -0.3 is 5.32 Å². The van der Waals surface area contributed by atoms with Gasteiger partial charge in [-0.3, -0.25) is 4.79 Å². The monoisotopic (exact) mass is 368 g/mol. The van der Waals surface area contributed by atoms with E-state index < -0.39 is 0 Å². The second-order valence-corrected chi connectivity index (χ2v) is 8.63. The van der Waals surface area contributed by atoms with Crippen LogP contribution in [0.15, 0.2) is 94.9 Å². The second kappa shape index (κ2) is 6.29. The Morgan fingerprint density at radius 3 is 2.41 bits per heavy atom. The molecule has 0 saturated carbocycles. The molecule has 27 heavy (non-hydrogen) atoms. The molecule has 1 N–H and O–H groups in total. The first kappa shape index (κ1) is 16.2. The fourth-order valence-electron chi connectivity index (χ4n) is 3.62. The Hall–Kier alpha value is -3.04. The summed E-state index contributed by atoms with van der Waals surface area (Å²) in [5.74, 6) is 0.0414. The molecule has 0 saturated heterocycles. The average molecular weight is 368 g/mol. The molecule has 1 unspecified atom stereocenters. The maximum atomic E-state index is 12.9. The normalized spacial score (nSPS) is 17.2. The topological polar surface area (TPSA) is 29.1 Å². The summed E-state index contributed by atoms with van der Waals surface area (Å²) in [6, 6.07) is 26.7. The summed E-state index contributed by atoms with van der Waals surface area (Å²) in [5, 5.41) is 9.16. The summed E-state index contributed by atoms with van der Waals surface area (Å²) in [7, 11) is -0.134. The van der Waals surface area contributed by atoms with E-state index in [1.54, 1.807) is 6.08 Å². The third kappa shape index (κ3) is 2.71. The van der Waals surface area contributed by atoms with Crippen LogP contribution in [0.2, 0.25) is 0 Å². The van der Waals surface area contributed by atoms with Crippen LogP contribution in [0.25, 0.3) is 21.5 Å². The molecule has 1 atom stereocenters. The fourth-order valence-corrected chi connectivity index (χ4v) is 5.14. The number of nitrogens with one attached hydrogen (secondary N) is 1. The van der Waals surface area contributed by atoms with Crippen LogP contribution < -0.4 is 5.32 Å². The van der Waals surface area contributed by atoms with E-state index in [0.29, 0.717) is 0 Å². The van der Waals surface area contributed by atoms with Gasteiger partial charge in [0.25, 0.3) is 0 Å². The number of anilines is 1. The quantitative estimate of drug-likeness (QED) is 0.277. The Bertz CT molecular complexity index is 1240. The molecule has 0 aliphatic carbocycles. The van der Waals surface area contributed by atoms with Crippen LogP contribution in [0.4, 0.5) is 5.69 Å². The van der Waals surface area contributed by atoms with Crippen molar-refractivity contribution in [3.8, 4) is 0 Å². The van der Waals surface area contributed by atoms with Gasteiger partial charge in [0.15, 0.2) is 10.7 Å². The van der Waals surface area contributed by atoms with Crippen LogP contribution in [0.3, 0.4) is 0 Å². The predicted octanol–water partition coefficient (Wildman–Crippen LogP) is 5.75. The third-order valence-electron chi connectivity index (χ3n) is 5.09. The Morgan fingerprint density at radius 1 is 0.852 bits per heavy atom. The number of carbonyl (C=O) groups excluding carboxylic acids is 1. The molecule has 0 aromatic heterocycles. The lowest BCUT2D eigenvalue weighted by atomic mass is 10.0. The zero-order valence-electron chi connectivity index (χ0n) is 14.9. The molecule has 3 heteroatoms. The number of hydrogen-bond acceptors (Lipinski definition) is 2. The van der Waals surface area contributed by atoms with E-state index in [-0.39, 0.29) is 16.7 Å². The van der Waals surface area contributed by atoms with Gasteiger partial charge in [-0.2, -0.15) is 0 Å². The SMILES string of the molecule is C[S+]1C(=CC(=O)c2ccc3ccccc3c2)Nc2c1ccc1ccccc21. The van der Waals surface area contributed by atoms with Crippen LogP contribution in [0.1, 0.15) is 10.4 Å². The molecule has 4 aromatic rings. The maximum absolute atomic E-state index is 12.9. The van der Waals surface area contributed by atoms with Crippen LogP contribution in [-0.2, 0) is 10.9 Å². The molecule has 0 spiro atoms. The Kier molecular flexibility index (Phi) is 3.76. The van der Waals surface area contributed by atoms with Gasteiger partial charge in [0.05, 0.1) is 17.0 Å². The number of benzene rings is 4. The first-order chi connectivity index (χ1) is 13.2. The lowest BCUT2D eigenvalue weighted by molar-refractivity contribution is 0.104.